The second kappa shape index (κ2) is 3.49. The molecular weight excluding hydrogens is 218 g/mol. The fourth-order valence-corrected chi connectivity index (χ4v) is 2.14. The smallest absolute Gasteiger partial charge is 0.253 e. The van der Waals surface area contributed by atoms with E-state index < -0.39 is 10.0 Å². The van der Waals surface area contributed by atoms with E-state index in [0.29, 0.717) is 5.69 Å². The summed E-state index contributed by atoms with van der Waals surface area (Å²) in [4.78, 5) is 0. The predicted octanol–water partition coefficient (Wildman–Crippen LogP) is -0.527. The highest BCUT2D eigenvalue weighted by Crippen LogP contribution is 2.27. The molecule has 0 aromatic carbocycles. The molecule has 2 heterocycles. The molecule has 1 fully saturated rings. The SMILES string of the molecule is CCS(=O)(=O)n1cc(O)c(C2CNC2)n1. The molecule has 0 atom stereocenters. The van der Waals surface area contributed by atoms with Crippen LogP contribution in [0.2, 0.25) is 0 Å². The number of hydrogen-bond acceptors (Lipinski definition) is 5. The van der Waals surface area contributed by atoms with Crippen molar-refractivity contribution in [2.45, 2.75) is 12.8 Å². The Kier molecular flexibility index (Phi) is 2.43. The van der Waals surface area contributed by atoms with Gasteiger partial charge in [-0.3, -0.25) is 0 Å². The molecule has 2 rings (SSSR count). The van der Waals surface area contributed by atoms with Gasteiger partial charge in [0.2, 0.25) is 0 Å². The lowest BCUT2D eigenvalue weighted by Gasteiger charge is -2.25. The van der Waals surface area contributed by atoms with Gasteiger partial charge >= 0.3 is 0 Å². The second-order valence-electron chi connectivity index (χ2n) is 3.53. The van der Waals surface area contributed by atoms with Crippen molar-refractivity contribution in [2.75, 3.05) is 18.8 Å². The van der Waals surface area contributed by atoms with Crippen molar-refractivity contribution in [1.29, 1.82) is 0 Å². The van der Waals surface area contributed by atoms with E-state index in [4.69, 9.17) is 0 Å². The Bertz CT molecular complexity index is 461. The third-order valence-electron chi connectivity index (χ3n) is 2.52. The van der Waals surface area contributed by atoms with Crippen LogP contribution in [0.5, 0.6) is 5.75 Å². The monoisotopic (exact) mass is 231 g/mol. The van der Waals surface area contributed by atoms with E-state index in [1.165, 1.54) is 0 Å². The predicted molar refractivity (Wildman–Crippen MR) is 54.4 cm³/mol. The zero-order valence-electron chi connectivity index (χ0n) is 8.34. The summed E-state index contributed by atoms with van der Waals surface area (Å²) in [6.07, 6.45) is 1.16. The molecule has 1 aliphatic heterocycles. The molecule has 6 nitrogen and oxygen atoms in total. The molecule has 2 N–H and O–H groups in total. The number of nitrogens with one attached hydrogen (secondary N) is 1. The molecule has 0 saturated carbocycles. The van der Waals surface area contributed by atoms with Gasteiger partial charge in [-0.1, -0.05) is 0 Å². The molecule has 1 aliphatic rings. The summed E-state index contributed by atoms with van der Waals surface area (Å²) in [5, 5.41) is 16.5. The van der Waals surface area contributed by atoms with Gasteiger partial charge in [0.1, 0.15) is 5.69 Å². The van der Waals surface area contributed by atoms with E-state index in [1.807, 2.05) is 0 Å². The molecule has 0 unspecified atom stereocenters. The number of rotatable bonds is 3. The average molecular weight is 231 g/mol. The number of aromatic nitrogens is 2. The Morgan fingerprint density at radius 1 is 1.67 bits per heavy atom. The molecule has 0 spiro atoms. The normalized spacial score (nSPS) is 17.7. The number of hydrogen-bond donors (Lipinski definition) is 2. The summed E-state index contributed by atoms with van der Waals surface area (Å²) < 4.78 is 23.8. The molecule has 0 aliphatic carbocycles. The van der Waals surface area contributed by atoms with E-state index in [2.05, 4.69) is 10.4 Å². The molecule has 0 bridgehead atoms. The van der Waals surface area contributed by atoms with Crippen LogP contribution >= 0.6 is 0 Å². The molecule has 1 aromatic rings. The molecule has 7 heteroatoms. The van der Waals surface area contributed by atoms with Crippen LogP contribution in [0.1, 0.15) is 18.5 Å². The molecule has 1 aromatic heterocycles. The minimum Gasteiger partial charge on any atom is -0.504 e. The first kappa shape index (κ1) is 10.4. The Balaban J connectivity index is 2.36. The minimum absolute atomic E-state index is 0.0313. The maximum absolute atomic E-state index is 11.5. The lowest BCUT2D eigenvalue weighted by atomic mass is 9.99. The first-order valence-corrected chi connectivity index (χ1v) is 6.38. The molecule has 84 valence electrons. The standard InChI is InChI=1S/C8H13N3O3S/c1-2-15(13,14)11-5-7(12)8(10-11)6-3-9-4-6/h5-6,9,12H,2-4H2,1H3. The molecule has 0 amide bonds. The van der Waals surface area contributed by atoms with Gasteiger partial charge in [-0.25, -0.2) is 8.42 Å². The van der Waals surface area contributed by atoms with Crippen LogP contribution in [0, 0.1) is 0 Å². The highest BCUT2D eigenvalue weighted by atomic mass is 32.2. The van der Waals surface area contributed by atoms with Crippen LogP contribution in [0.15, 0.2) is 6.20 Å². The van der Waals surface area contributed by atoms with Crippen molar-refractivity contribution in [2.24, 2.45) is 0 Å². The quantitative estimate of drug-likeness (QED) is 0.730. The van der Waals surface area contributed by atoms with Gasteiger partial charge < -0.3 is 10.4 Å². The van der Waals surface area contributed by atoms with Gasteiger partial charge in [-0.2, -0.15) is 9.19 Å². The first-order chi connectivity index (χ1) is 7.04. The average Bonchev–Trinajstić information content (AvgIpc) is 2.46. The van der Waals surface area contributed by atoms with Crippen molar-refractivity contribution in [3.8, 4) is 5.75 Å². The number of nitrogens with zero attached hydrogens (tertiary/aromatic N) is 2. The molecular formula is C8H13N3O3S. The van der Waals surface area contributed by atoms with Gasteiger partial charge in [0.05, 0.1) is 11.9 Å². The van der Waals surface area contributed by atoms with Gasteiger partial charge in [-0.05, 0) is 6.92 Å². The Hall–Kier alpha value is -1.08. The highest BCUT2D eigenvalue weighted by Gasteiger charge is 2.27. The lowest BCUT2D eigenvalue weighted by molar-refractivity contribution is 0.408. The Morgan fingerprint density at radius 3 is 2.80 bits per heavy atom. The van der Waals surface area contributed by atoms with Gasteiger partial charge in [0.25, 0.3) is 10.0 Å². The Labute approximate surface area is 88.0 Å². The number of aromatic hydroxyl groups is 1. The third-order valence-corrected chi connectivity index (χ3v) is 4.01. The van der Waals surface area contributed by atoms with Crippen LogP contribution in [0.25, 0.3) is 0 Å². The lowest BCUT2D eigenvalue weighted by Crippen LogP contribution is -2.40. The topological polar surface area (TPSA) is 84.2 Å². The van der Waals surface area contributed by atoms with E-state index >= 15 is 0 Å². The Morgan fingerprint density at radius 2 is 2.33 bits per heavy atom. The summed E-state index contributed by atoms with van der Waals surface area (Å²) in [6, 6.07) is 0. The van der Waals surface area contributed by atoms with Crippen LogP contribution in [0.4, 0.5) is 0 Å². The maximum Gasteiger partial charge on any atom is 0.253 e. The van der Waals surface area contributed by atoms with Gasteiger partial charge in [0, 0.05) is 19.0 Å². The van der Waals surface area contributed by atoms with Crippen LogP contribution in [-0.4, -0.2) is 41.6 Å². The largest absolute Gasteiger partial charge is 0.504 e. The summed E-state index contributed by atoms with van der Waals surface area (Å²) >= 11 is 0. The van der Waals surface area contributed by atoms with Crippen molar-refractivity contribution < 1.29 is 13.5 Å². The zero-order chi connectivity index (χ0) is 11.1. The highest BCUT2D eigenvalue weighted by molar-refractivity contribution is 7.89. The first-order valence-electron chi connectivity index (χ1n) is 4.77. The van der Waals surface area contributed by atoms with Crippen LogP contribution < -0.4 is 5.32 Å². The molecule has 0 radical (unpaired) electrons. The molecule has 15 heavy (non-hydrogen) atoms. The maximum atomic E-state index is 11.5. The van der Waals surface area contributed by atoms with Crippen molar-refractivity contribution >= 4 is 10.0 Å². The third kappa shape index (κ3) is 1.72. The summed E-state index contributed by atoms with van der Waals surface area (Å²) in [5.41, 5.74) is 0.464. The fourth-order valence-electron chi connectivity index (χ4n) is 1.40. The molecule has 1 saturated heterocycles. The zero-order valence-corrected chi connectivity index (χ0v) is 9.16. The van der Waals surface area contributed by atoms with Crippen molar-refractivity contribution in [1.82, 2.24) is 14.5 Å². The van der Waals surface area contributed by atoms with E-state index in [9.17, 15) is 13.5 Å². The van der Waals surface area contributed by atoms with Crippen LogP contribution in [-0.2, 0) is 10.0 Å². The fraction of sp³-hybridized carbons (Fsp3) is 0.625. The van der Waals surface area contributed by atoms with Crippen molar-refractivity contribution in [3.63, 3.8) is 0 Å². The second-order valence-corrected chi connectivity index (χ2v) is 5.64. The van der Waals surface area contributed by atoms with Gasteiger partial charge in [-0.15, -0.1) is 0 Å². The minimum atomic E-state index is -3.39. The van der Waals surface area contributed by atoms with Crippen molar-refractivity contribution in [3.05, 3.63) is 11.9 Å². The van der Waals surface area contributed by atoms with E-state index in [1.54, 1.807) is 6.92 Å². The van der Waals surface area contributed by atoms with E-state index in [-0.39, 0.29) is 17.4 Å². The summed E-state index contributed by atoms with van der Waals surface area (Å²) in [5.74, 6) is 0.0491. The summed E-state index contributed by atoms with van der Waals surface area (Å²) in [7, 11) is -3.39. The van der Waals surface area contributed by atoms with E-state index in [0.717, 1.165) is 23.4 Å². The van der Waals surface area contributed by atoms with Gasteiger partial charge in [0.15, 0.2) is 5.75 Å². The van der Waals surface area contributed by atoms with Crippen LogP contribution in [0.3, 0.4) is 0 Å². The summed E-state index contributed by atoms with van der Waals surface area (Å²) in [6.45, 7) is 3.01.